The maximum atomic E-state index is 5.46. The van der Waals surface area contributed by atoms with Crippen molar-refractivity contribution in [3.8, 4) is 11.8 Å². The van der Waals surface area contributed by atoms with Crippen molar-refractivity contribution in [1.29, 1.82) is 0 Å². The van der Waals surface area contributed by atoms with Crippen molar-refractivity contribution < 1.29 is 0 Å². The molecular weight excluding hydrogens is 246 g/mol. The largest absolute Gasteiger partial charge is 0.320 e. The zero-order valence-corrected chi connectivity index (χ0v) is 13.0. The number of hydrogen-bond donors (Lipinski definition) is 1. The highest BCUT2D eigenvalue weighted by Gasteiger charge is 2.06. The average molecular weight is 273 g/mol. The first kappa shape index (κ1) is 16.7. The molecule has 0 fully saturated rings. The van der Waals surface area contributed by atoms with Crippen LogP contribution in [0.3, 0.4) is 0 Å². The summed E-state index contributed by atoms with van der Waals surface area (Å²) in [7, 11) is 4.24. The summed E-state index contributed by atoms with van der Waals surface area (Å²) in [4.78, 5) is 4.70. The van der Waals surface area contributed by atoms with Gasteiger partial charge in [-0.15, -0.1) is 0 Å². The van der Waals surface area contributed by atoms with Crippen molar-refractivity contribution in [2.24, 2.45) is 5.73 Å². The maximum Gasteiger partial charge on any atom is 0.0555 e. The summed E-state index contributed by atoms with van der Waals surface area (Å²) in [6.07, 6.45) is 1.19. The van der Waals surface area contributed by atoms with Crippen LogP contribution in [-0.4, -0.2) is 50.1 Å². The van der Waals surface area contributed by atoms with Gasteiger partial charge in [-0.25, -0.2) is 0 Å². The number of benzene rings is 1. The summed E-state index contributed by atoms with van der Waals surface area (Å²) >= 11 is 0. The van der Waals surface area contributed by atoms with Crippen LogP contribution >= 0.6 is 0 Å². The van der Waals surface area contributed by atoms with Gasteiger partial charge in [-0.3, -0.25) is 4.90 Å². The zero-order chi connectivity index (χ0) is 14.8. The van der Waals surface area contributed by atoms with Gasteiger partial charge in [-0.2, -0.15) is 0 Å². The van der Waals surface area contributed by atoms with E-state index in [-0.39, 0.29) is 0 Å². The molecule has 0 unspecified atom stereocenters. The van der Waals surface area contributed by atoms with Crippen LogP contribution in [0.15, 0.2) is 24.3 Å². The molecule has 1 rings (SSSR count). The lowest BCUT2D eigenvalue weighted by molar-refractivity contribution is 0.259. The molecule has 0 aromatic heterocycles. The van der Waals surface area contributed by atoms with Gasteiger partial charge in [0.05, 0.1) is 6.54 Å². The summed E-state index contributed by atoms with van der Waals surface area (Å²) in [5.41, 5.74) is 7.85. The minimum absolute atomic E-state index is 0.411. The van der Waals surface area contributed by atoms with Gasteiger partial charge in [0, 0.05) is 12.1 Å². The first-order valence-corrected chi connectivity index (χ1v) is 7.31. The Kier molecular flexibility index (Phi) is 7.98. The second-order valence-corrected chi connectivity index (χ2v) is 5.19. The van der Waals surface area contributed by atoms with Crippen LogP contribution in [0.5, 0.6) is 0 Å². The fourth-order valence-electron chi connectivity index (χ4n) is 2.13. The normalized spacial score (nSPS) is 10.7. The van der Waals surface area contributed by atoms with E-state index in [1.807, 2.05) is 6.07 Å². The van der Waals surface area contributed by atoms with Crippen LogP contribution in [0.4, 0.5) is 0 Å². The van der Waals surface area contributed by atoms with Crippen LogP contribution in [0.25, 0.3) is 0 Å². The number of hydrogen-bond acceptors (Lipinski definition) is 3. The smallest absolute Gasteiger partial charge is 0.0555 e. The highest BCUT2D eigenvalue weighted by atomic mass is 15.1. The number of nitrogens with two attached hydrogens (primary N) is 1. The van der Waals surface area contributed by atoms with Crippen LogP contribution in [0.1, 0.15) is 24.5 Å². The third-order valence-electron chi connectivity index (χ3n) is 3.26. The van der Waals surface area contributed by atoms with Crippen molar-refractivity contribution in [3.63, 3.8) is 0 Å². The fraction of sp³-hybridized carbons (Fsp3) is 0.529. The molecule has 3 heteroatoms. The van der Waals surface area contributed by atoms with E-state index in [4.69, 9.17) is 5.73 Å². The third kappa shape index (κ3) is 6.21. The summed E-state index contributed by atoms with van der Waals surface area (Å²) in [5, 5.41) is 0. The summed E-state index contributed by atoms with van der Waals surface area (Å²) < 4.78 is 0. The first-order chi connectivity index (χ1) is 9.67. The van der Waals surface area contributed by atoms with E-state index in [2.05, 4.69) is 60.9 Å². The molecule has 0 aliphatic rings. The molecular formula is C17H27N3. The monoisotopic (exact) mass is 273 g/mol. The van der Waals surface area contributed by atoms with Gasteiger partial charge < -0.3 is 10.6 Å². The van der Waals surface area contributed by atoms with Crippen molar-refractivity contribution in [2.75, 3.05) is 40.3 Å². The lowest BCUT2D eigenvalue weighted by Crippen LogP contribution is -2.27. The molecule has 20 heavy (non-hydrogen) atoms. The fourth-order valence-corrected chi connectivity index (χ4v) is 2.13. The molecule has 110 valence electrons. The Hall–Kier alpha value is -1.34. The minimum Gasteiger partial charge on any atom is -0.320 e. The van der Waals surface area contributed by atoms with E-state index in [1.54, 1.807) is 0 Å². The van der Waals surface area contributed by atoms with Gasteiger partial charge in [0.2, 0.25) is 0 Å². The first-order valence-electron chi connectivity index (χ1n) is 7.31. The summed E-state index contributed by atoms with van der Waals surface area (Å²) in [5.74, 6) is 6.11. The molecule has 0 aliphatic heterocycles. The standard InChI is InChI=1S/C17H27N3/c1-4-20(14-8-13-19(2)3)15-17-10-6-5-9-16(17)11-7-12-18/h5-6,9-10H,4,8,12-15,18H2,1-3H3. The molecule has 0 atom stereocenters. The van der Waals surface area contributed by atoms with Crippen molar-refractivity contribution >= 4 is 0 Å². The second kappa shape index (κ2) is 9.55. The number of rotatable bonds is 7. The van der Waals surface area contributed by atoms with E-state index in [1.165, 1.54) is 12.0 Å². The number of nitrogens with zero attached hydrogens (tertiary/aromatic N) is 2. The Morgan fingerprint density at radius 2 is 1.90 bits per heavy atom. The van der Waals surface area contributed by atoms with E-state index in [0.29, 0.717) is 6.54 Å². The van der Waals surface area contributed by atoms with Crippen LogP contribution in [0.2, 0.25) is 0 Å². The topological polar surface area (TPSA) is 32.5 Å². The van der Waals surface area contributed by atoms with Gasteiger partial charge in [0.25, 0.3) is 0 Å². The molecule has 0 saturated carbocycles. The average Bonchev–Trinajstić information content (AvgIpc) is 2.44. The van der Waals surface area contributed by atoms with E-state index in [9.17, 15) is 0 Å². The second-order valence-electron chi connectivity index (χ2n) is 5.19. The predicted octanol–water partition coefficient (Wildman–Crippen LogP) is 1.77. The Labute approximate surface area is 123 Å². The lowest BCUT2D eigenvalue weighted by atomic mass is 10.1. The Morgan fingerprint density at radius 3 is 2.55 bits per heavy atom. The molecule has 0 bridgehead atoms. The van der Waals surface area contributed by atoms with Crippen molar-refractivity contribution in [3.05, 3.63) is 35.4 Å². The van der Waals surface area contributed by atoms with E-state index < -0.39 is 0 Å². The molecule has 2 N–H and O–H groups in total. The summed E-state index contributed by atoms with van der Waals surface area (Å²) in [6, 6.07) is 8.35. The molecule has 0 spiro atoms. The van der Waals surface area contributed by atoms with Gasteiger partial charge in [-0.05, 0) is 51.8 Å². The minimum atomic E-state index is 0.411. The third-order valence-corrected chi connectivity index (χ3v) is 3.26. The van der Waals surface area contributed by atoms with Crippen LogP contribution in [0, 0.1) is 11.8 Å². The van der Waals surface area contributed by atoms with E-state index in [0.717, 1.165) is 31.7 Å². The SMILES string of the molecule is CCN(CCCN(C)C)Cc1ccccc1C#CCN. The highest BCUT2D eigenvalue weighted by molar-refractivity contribution is 5.41. The molecule has 1 aromatic rings. The zero-order valence-electron chi connectivity index (χ0n) is 13.0. The Morgan fingerprint density at radius 1 is 1.15 bits per heavy atom. The van der Waals surface area contributed by atoms with Crippen molar-refractivity contribution in [1.82, 2.24) is 9.80 Å². The lowest BCUT2D eigenvalue weighted by Gasteiger charge is -2.22. The van der Waals surface area contributed by atoms with Gasteiger partial charge in [0.1, 0.15) is 0 Å². The molecule has 0 radical (unpaired) electrons. The molecule has 0 heterocycles. The Balaban J connectivity index is 2.64. The Bertz CT molecular complexity index is 443. The maximum absolute atomic E-state index is 5.46. The quantitative estimate of drug-likeness (QED) is 0.769. The molecule has 3 nitrogen and oxygen atoms in total. The molecule has 0 aliphatic carbocycles. The highest BCUT2D eigenvalue weighted by Crippen LogP contribution is 2.11. The molecule has 1 aromatic carbocycles. The molecule has 0 saturated heterocycles. The van der Waals surface area contributed by atoms with Gasteiger partial charge in [0.15, 0.2) is 0 Å². The van der Waals surface area contributed by atoms with Crippen molar-refractivity contribution in [2.45, 2.75) is 19.9 Å². The van der Waals surface area contributed by atoms with Crippen LogP contribution in [-0.2, 0) is 6.54 Å². The predicted molar refractivity (Wildman–Crippen MR) is 86.5 cm³/mol. The summed E-state index contributed by atoms with van der Waals surface area (Å²) in [6.45, 7) is 6.89. The van der Waals surface area contributed by atoms with E-state index >= 15 is 0 Å². The van der Waals surface area contributed by atoms with Crippen LogP contribution < -0.4 is 5.73 Å². The van der Waals surface area contributed by atoms with Gasteiger partial charge in [-0.1, -0.05) is 37.0 Å². The van der Waals surface area contributed by atoms with Gasteiger partial charge >= 0.3 is 0 Å². The molecule has 0 amide bonds.